The van der Waals surface area contributed by atoms with Crippen LogP contribution < -0.4 is 0 Å². The lowest BCUT2D eigenvalue weighted by Gasteiger charge is -1.70. The Morgan fingerprint density at radius 1 is 2.00 bits per heavy atom. The summed E-state index contributed by atoms with van der Waals surface area (Å²) >= 11 is 4.30. The van der Waals surface area contributed by atoms with Gasteiger partial charge in [-0.1, -0.05) is 4.57 Å². The molecule has 0 heterocycles. The molecule has 5 heavy (non-hydrogen) atoms. The van der Waals surface area contributed by atoms with E-state index >= 15 is 0 Å². The van der Waals surface area contributed by atoms with E-state index in [1.807, 2.05) is 6.66 Å². The summed E-state index contributed by atoms with van der Waals surface area (Å²) < 4.78 is 9.79. The third-order valence-electron chi connectivity index (χ3n) is 0.183. The molecule has 0 bridgehead atoms. The highest BCUT2D eigenvalue weighted by atomic mass is 32.8. The molecule has 1 nitrogen and oxygen atoms in total. The van der Waals surface area contributed by atoms with E-state index in [1.165, 1.54) is 0 Å². The Hall–Kier alpha value is 0.880. The summed E-state index contributed by atoms with van der Waals surface area (Å²) in [5.74, 6) is 0. The van der Waals surface area contributed by atoms with Crippen LogP contribution in [0.5, 0.6) is 0 Å². The van der Waals surface area contributed by atoms with Crippen LogP contribution in [-0.4, -0.2) is 6.66 Å². The molecule has 30 valence electrons. The van der Waals surface area contributed by atoms with Gasteiger partial charge in [-0.05, 0) is 6.66 Å². The average molecular weight is 126 g/mol. The van der Waals surface area contributed by atoms with Crippen molar-refractivity contribution in [2.24, 2.45) is 0 Å². The van der Waals surface area contributed by atoms with Crippen molar-refractivity contribution < 1.29 is 4.57 Å². The van der Waals surface area contributed by atoms with Gasteiger partial charge in [0.25, 0.3) is 0 Å². The maximum atomic E-state index is 9.79. The van der Waals surface area contributed by atoms with Crippen molar-refractivity contribution in [3.05, 3.63) is 0 Å². The average Bonchev–Trinajstić information content (AvgIpc) is 1.38. The quantitative estimate of drug-likeness (QED) is 0.391. The van der Waals surface area contributed by atoms with Crippen molar-refractivity contribution in [2.75, 3.05) is 6.66 Å². The fraction of sp³-hybridized carbons (Fsp3) is 1.00. The van der Waals surface area contributed by atoms with Gasteiger partial charge in [0.05, 0.1) is 0 Å². The van der Waals surface area contributed by atoms with Crippen LogP contribution in [0.4, 0.5) is 0 Å². The number of hydrogen-bond acceptors (Lipinski definition) is 2. The van der Waals surface area contributed by atoms with Crippen molar-refractivity contribution in [1.82, 2.24) is 0 Å². The minimum atomic E-state index is -1.24. The summed E-state index contributed by atoms with van der Waals surface area (Å²) in [6.07, 6.45) is 0. The fourth-order valence-corrected chi connectivity index (χ4v) is 0. The normalized spacial score (nSPS) is 13.6. The van der Waals surface area contributed by atoms with Gasteiger partial charge >= 0.3 is 0 Å². The molecule has 0 saturated carbocycles. The predicted octanol–water partition coefficient (Wildman–Crippen LogP) is 1.50. The molecule has 0 spiro atoms. The number of hydrogen-bond donors (Lipinski definition) is 0. The first-order valence-electron chi connectivity index (χ1n) is 1.09. The summed E-state index contributed by atoms with van der Waals surface area (Å²) in [6.45, 7) is 0.602. The third-order valence-corrected chi connectivity index (χ3v) is 3.29. The van der Waals surface area contributed by atoms with E-state index in [0.717, 1.165) is 0 Å². The molecule has 0 saturated heterocycles. The predicted molar refractivity (Wildman–Crippen MR) is 29.2 cm³/mol. The Kier molecular flexibility index (Phi) is 3.63. The SMILES string of the molecule is CP[P+](=O)[S-]. The largest absolute Gasteiger partial charge is 0.444 e. The molecular formula is CH4OP2S. The third kappa shape index (κ3) is 4.88. The zero-order valence-electron chi connectivity index (χ0n) is 2.76. The van der Waals surface area contributed by atoms with Gasteiger partial charge in [-0.25, -0.2) is 0 Å². The molecule has 0 fully saturated rings. The molecule has 0 aliphatic rings. The summed E-state index contributed by atoms with van der Waals surface area (Å²) in [5, 5.41) is 0. The van der Waals surface area contributed by atoms with Gasteiger partial charge in [0, 0.05) is 0 Å². The Bertz CT molecular complexity index is 44.9. The van der Waals surface area contributed by atoms with Crippen LogP contribution >= 0.6 is 15.0 Å². The first-order chi connectivity index (χ1) is 2.27. The molecule has 0 rings (SSSR count). The van der Waals surface area contributed by atoms with Crippen molar-refractivity contribution in [2.45, 2.75) is 0 Å². The van der Waals surface area contributed by atoms with Crippen molar-refractivity contribution in [1.29, 1.82) is 0 Å². The lowest BCUT2D eigenvalue weighted by atomic mass is 12.0. The van der Waals surface area contributed by atoms with E-state index in [1.54, 1.807) is 0 Å². The molecule has 0 aliphatic carbocycles. The van der Waals surface area contributed by atoms with Gasteiger partial charge in [0.15, 0.2) is 0 Å². The summed E-state index contributed by atoms with van der Waals surface area (Å²) in [4.78, 5) is 0. The highest BCUT2D eigenvalue weighted by Crippen LogP contribution is 2.37. The van der Waals surface area contributed by atoms with Crippen molar-refractivity contribution in [3.8, 4) is 0 Å². The molecule has 0 aromatic carbocycles. The topological polar surface area (TPSA) is 17.1 Å². The Labute approximate surface area is 39.2 Å². The zero-order valence-corrected chi connectivity index (χ0v) is 5.47. The van der Waals surface area contributed by atoms with Gasteiger partial charge in [-0.3, -0.25) is 0 Å². The van der Waals surface area contributed by atoms with Crippen molar-refractivity contribution >= 4 is 27.2 Å². The molecule has 0 N–H and O–H groups in total. The minimum absolute atomic E-state index is 0.438. The van der Waals surface area contributed by atoms with E-state index in [2.05, 4.69) is 12.2 Å². The highest BCUT2D eigenvalue weighted by molar-refractivity contribution is 8.53. The van der Waals surface area contributed by atoms with Crippen LogP contribution in [0, 0.1) is 0 Å². The number of rotatable bonds is 1. The second kappa shape index (κ2) is 3.08. The van der Waals surface area contributed by atoms with Gasteiger partial charge in [-0.15, -0.1) is 0 Å². The van der Waals surface area contributed by atoms with Crippen molar-refractivity contribution in [3.63, 3.8) is 0 Å². The van der Waals surface area contributed by atoms with E-state index in [0.29, 0.717) is 8.27 Å². The standard InChI is InChI=1S/CH4OP2S/c1-3-4(2)5/h3H,1H3. The molecular weight excluding hydrogens is 122 g/mol. The Morgan fingerprint density at radius 2 is 2.20 bits per heavy atom. The molecule has 2 atom stereocenters. The first-order valence-corrected chi connectivity index (χ1v) is 5.70. The first kappa shape index (κ1) is 5.88. The van der Waals surface area contributed by atoms with Gasteiger partial charge < -0.3 is 12.2 Å². The molecule has 4 heteroatoms. The maximum Gasteiger partial charge on any atom is 0.220 e. The Balaban J connectivity index is 2.85. The molecule has 0 aliphatic heterocycles. The monoisotopic (exact) mass is 126 g/mol. The smallest absolute Gasteiger partial charge is 0.220 e. The molecule has 0 radical (unpaired) electrons. The van der Waals surface area contributed by atoms with Gasteiger partial charge in [-0.2, -0.15) is 0 Å². The summed E-state index contributed by atoms with van der Waals surface area (Å²) in [6, 6.07) is 0. The van der Waals surface area contributed by atoms with Crippen LogP contribution in [0.15, 0.2) is 0 Å². The fourth-order valence-electron chi connectivity index (χ4n) is 0. The molecule has 0 aromatic rings. The van der Waals surface area contributed by atoms with E-state index in [4.69, 9.17) is 0 Å². The Morgan fingerprint density at radius 3 is 2.20 bits per heavy atom. The van der Waals surface area contributed by atoms with Gasteiger partial charge in [0.1, 0.15) is 8.27 Å². The van der Waals surface area contributed by atoms with Crippen LogP contribution in [-0.2, 0) is 16.8 Å². The molecule has 0 aromatic heterocycles. The zero-order chi connectivity index (χ0) is 4.28. The van der Waals surface area contributed by atoms with Crippen LogP contribution in [0.25, 0.3) is 0 Å². The van der Waals surface area contributed by atoms with E-state index in [-0.39, 0.29) is 0 Å². The maximum absolute atomic E-state index is 9.79. The van der Waals surface area contributed by atoms with Crippen LogP contribution in [0.1, 0.15) is 0 Å². The summed E-state index contributed by atoms with van der Waals surface area (Å²) in [7, 11) is 0.438. The van der Waals surface area contributed by atoms with Crippen LogP contribution in [0.2, 0.25) is 0 Å². The molecule has 0 amide bonds. The minimum Gasteiger partial charge on any atom is -0.444 e. The lowest BCUT2D eigenvalue weighted by molar-refractivity contribution is 0.603. The van der Waals surface area contributed by atoms with Gasteiger partial charge in [0.2, 0.25) is 6.69 Å². The lowest BCUT2D eigenvalue weighted by Crippen LogP contribution is -1.25. The highest BCUT2D eigenvalue weighted by Gasteiger charge is 1.81. The van der Waals surface area contributed by atoms with Crippen LogP contribution in [0.3, 0.4) is 0 Å². The molecule has 2 unspecified atom stereocenters. The van der Waals surface area contributed by atoms with E-state index < -0.39 is 6.69 Å². The summed E-state index contributed by atoms with van der Waals surface area (Å²) in [5.41, 5.74) is 0. The van der Waals surface area contributed by atoms with E-state index in [9.17, 15) is 4.57 Å². The second-order valence-corrected chi connectivity index (χ2v) is 5.97. The second-order valence-electron chi connectivity index (χ2n) is 0.481.